The lowest BCUT2D eigenvalue weighted by Gasteiger charge is -2.11. The van der Waals surface area contributed by atoms with Crippen molar-refractivity contribution in [3.05, 3.63) is 35.9 Å². The second kappa shape index (κ2) is 7.04. The highest BCUT2D eigenvalue weighted by molar-refractivity contribution is 7.98. The van der Waals surface area contributed by atoms with Crippen LogP contribution in [0.4, 0.5) is 11.9 Å². The van der Waals surface area contributed by atoms with Crippen LogP contribution >= 0.6 is 11.8 Å². The van der Waals surface area contributed by atoms with Crippen molar-refractivity contribution < 1.29 is 0 Å². The SMILES string of the molecule is CN(C)c1nc(N)nc(CSCCc2ccccn2)n1. The van der Waals surface area contributed by atoms with Gasteiger partial charge in [-0.05, 0) is 24.3 Å². The van der Waals surface area contributed by atoms with E-state index in [1.54, 1.807) is 11.8 Å². The first-order valence-corrected chi connectivity index (χ1v) is 7.46. The van der Waals surface area contributed by atoms with Crippen LogP contribution in [-0.2, 0) is 12.2 Å². The monoisotopic (exact) mass is 290 g/mol. The maximum atomic E-state index is 5.68. The van der Waals surface area contributed by atoms with Gasteiger partial charge in [-0.25, -0.2) is 0 Å². The summed E-state index contributed by atoms with van der Waals surface area (Å²) in [5.74, 6) is 3.27. The first-order valence-electron chi connectivity index (χ1n) is 6.30. The van der Waals surface area contributed by atoms with Crippen LogP contribution in [-0.4, -0.2) is 39.8 Å². The molecule has 0 aliphatic rings. The van der Waals surface area contributed by atoms with Gasteiger partial charge in [-0.1, -0.05) is 6.07 Å². The van der Waals surface area contributed by atoms with E-state index in [2.05, 4.69) is 19.9 Å². The van der Waals surface area contributed by atoms with E-state index in [0.29, 0.717) is 11.8 Å². The minimum Gasteiger partial charge on any atom is -0.368 e. The second-order valence-corrected chi connectivity index (χ2v) is 5.53. The van der Waals surface area contributed by atoms with E-state index in [9.17, 15) is 0 Å². The van der Waals surface area contributed by atoms with Crippen molar-refractivity contribution in [2.45, 2.75) is 12.2 Å². The Balaban J connectivity index is 1.85. The van der Waals surface area contributed by atoms with E-state index >= 15 is 0 Å². The highest BCUT2D eigenvalue weighted by Crippen LogP contribution is 2.13. The van der Waals surface area contributed by atoms with Crippen LogP contribution in [0.15, 0.2) is 24.4 Å². The Kier molecular flexibility index (Phi) is 5.11. The second-order valence-electron chi connectivity index (χ2n) is 4.43. The summed E-state index contributed by atoms with van der Waals surface area (Å²) in [5.41, 5.74) is 6.79. The molecule has 0 spiro atoms. The summed E-state index contributed by atoms with van der Waals surface area (Å²) in [4.78, 5) is 18.7. The molecule has 106 valence electrons. The number of thioether (sulfide) groups is 1. The highest BCUT2D eigenvalue weighted by atomic mass is 32.2. The number of aromatic nitrogens is 4. The zero-order valence-electron chi connectivity index (χ0n) is 11.7. The molecule has 0 bridgehead atoms. The molecule has 2 aromatic heterocycles. The van der Waals surface area contributed by atoms with Crippen molar-refractivity contribution in [2.75, 3.05) is 30.5 Å². The summed E-state index contributed by atoms with van der Waals surface area (Å²) in [7, 11) is 3.76. The minimum atomic E-state index is 0.268. The Hall–Kier alpha value is -1.89. The first kappa shape index (κ1) is 14.5. The van der Waals surface area contributed by atoms with Crippen LogP contribution < -0.4 is 10.6 Å². The lowest BCUT2D eigenvalue weighted by atomic mass is 10.3. The Labute approximate surface area is 122 Å². The topological polar surface area (TPSA) is 80.8 Å². The predicted molar refractivity (Wildman–Crippen MR) is 82.7 cm³/mol. The van der Waals surface area contributed by atoms with Gasteiger partial charge >= 0.3 is 0 Å². The van der Waals surface area contributed by atoms with Gasteiger partial charge in [-0.2, -0.15) is 26.7 Å². The summed E-state index contributed by atoms with van der Waals surface area (Å²) >= 11 is 1.76. The fourth-order valence-electron chi connectivity index (χ4n) is 1.58. The van der Waals surface area contributed by atoms with Gasteiger partial charge in [0, 0.05) is 26.0 Å². The Morgan fingerprint density at radius 1 is 1.20 bits per heavy atom. The summed E-state index contributed by atoms with van der Waals surface area (Å²) in [6.45, 7) is 0. The summed E-state index contributed by atoms with van der Waals surface area (Å²) < 4.78 is 0. The summed E-state index contributed by atoms with van der Waals surface area (Å²) in [6.07, 6.45) is 2.75. The molecule has 0 amide bonds. The van der Waals surface area contributed by atoms with E-state index in [1.807, 2.05) is 43.4 Å². The third-order valence-corrected chi connectivity index (χ3v) is 3.50. The normalized spacial score (nSPS) is 10.5. The minimum absolute atomic E-state index is 0.268. The quantitative estimate of drug-likeness (QED) is 0.805. The van der Waals surface area contributed by atoms with E-state index < -0.39 is 0 Å². The van der Waals surface area contributed by atoms with Gasteiger partial charge in [-0.15, -0.1) is 0 Å². The Morgan fingerprint density at radius 3 is 2.75 bits per heavy atom. The summed E-state index contributed by atoms with van der Waals surface area (Å²) in [5, 5.41) is 0. The molecule has 6 nitrogen and oxygen atoms in total. The molecule has 7 heteroatoms. The molecule has 0 radical (unpaired) electrons. The molecule has 0 atom stereocenters. The van der Waals surface area contributed by atoms with Crippen molar-refractivity contribution in [1.82, 2.24) is 19.9 Å². The maximum Gasteiger partial charge on any atom is 0.229 e. The van der Waals surface area contributed by atoms with Crippen LogP contribution in [0.3, 0.4) is 0 Å². The number of rotatable bonds is 6. The third-order valence-electron chi connectivity index (χ3n) is 2.55. The van der Waals surface area contributed by atoms with Gasteiger partial charge in [-0.3, -0.25) is 4.98 Å². The predicted octanol–water partition coefficient (Wildman–Crippen LogP) is 1.39. The molecule has 2 N–H and O–H groups in total. The molecule has 0 fully saturated rings. The molecule has 2 heterocycles. The maximum absolute atomic E-state index is 5.68. The molecule has 0 aromatic carbocycles. The van der Waals surface area contributed by atoms with E-state index in [4.69, 9.17) is 5.73 Å². The lowest BCUT2D eigenvalue weighted by molar-refractivity contribution is 0.918. The van der Waals surface area contributed by atoms with Crippen molar-refractivity contribution in [3.8, 4) is 0 Å². The van der Waals surface area contributed by atoms with Gasteiger partial charge < -0.3 is 10.6 Å². The number of nitrogens with zero attached hydrogens (tertiary/aromatic N) is 5. The fraction of sp³-hybridized carbons (Fsp3) is 0.385. The van der Waals surface area contributed by atoms with Crippen LogP contribution in [0.25, 0.3) is 0 Å². The molecular weight excluding hydrogens is 272 g/mol. The Bertz CT molecular complexity index is 546. The van der Waals surface area contributed by atoms with Crippen LogP contribution in [0, 0.1) is 0 Å². The molecule has 20 heavy (non-hydrogen) atoms. The number of pyridine rings is 1. The average Bonchev–Trinajstić information content (AvgIpc) is 2.44. The largest absolute Gasteiger partial charge is 0.368 e. The van der Waals surface area contributed by atoms with Gasteiger partial charge in [0.05, 0.1) is 5.75 Å². The number of aryl methyl sites for hydroxylation is 1. The van der Waals surface area contributed by atoms with E-state index in [1.165, 1.54) is 0 Å². The van der Waals surface area contributed by atoms with Crippen molar-refractivity contribution >= 4 is 23.7 Å². The van der Waals surface area contributed by atoms with Gasteiger partial charge in [0.25, 0.3) is 0 Å². The Morgan fingerprint density at radius 2 is 2.05 bits per heavy atom. The number of hydrogen-bond donors (Lipinski definition) is 1. The van der Waals surface area contributed by atoms with Crippen molar-refractivity contribution in [2.24, 2.45) is 0 Å². The lowest BCUT2D eigenvalue weighted by Crippen LogP contribution is -2.16. The van der Waals surface area contributed by atoms with Crippen LogP contribution in [0.5, 0.6) is 0 Å². The van der Waals surface area contributed by atoms with Crippen molar-refractivity contribution in [1.29, 1.82) is 0 Å². The van der Waals surface area contributed by atoms with E-state index in [-0.39, 0.29) is 5.95 Å². The number of anilines is 2. The van der Waals surface area contributed by atoms with Gasteiger partial charge in [0.15, 0.2) is 0 Å². The van der Waals surface area contributed by atoms with Crippen molar-refractivity contribution in [3.63, 3.8) is 0 Å². The zero-order valence-corrected chi connectivity index (χ0v) is 12.5. The summed E-state index contributed by atoms with van der Waals surface area (Å²) in [6, 6.07) is 5.96. The number of hydrogen-bond acceptors (Lipinski definition) is 7. The van der Waals surface area contributed by atoms with Gasteiger partial charge in [0.2, 0.25) is 11.9 Å². The molecule has 0 aliphatic heterocycles. The molecular formula is C13H18N6S. The fourth-order valence-corrected chi connectivity index (χ4v) is 2.39. The van der Waals surface area contributed by atoms with E-state index in [0.717, 1.165) is 23.6 Å². The first-order chi connectivity index (χ1) is 9.65. The molecule has 0 saturated heterocycles. The zero-order chi connectivity index (χ0) is 14.4. The molecule has 0 saturated carbocycles. The molecule has 2 rings (SSSR count). The van der Waals surface area contributed by atoms with Crippen LogP contribution in [0.2, 0.25) is 0 Å². The number of nitrogen functional groups attached to an aromatic ring is 1. The smallest absolute Gasteiger partial charge is 0.229 e. The molecule has 0 aliphatic carbocycles. The molecule has 2 aromatic rings. The molecule has 0 unspecified atom stereocenters. The average molecular weight is 290 g/mol. The number of nitrogens with two attached hydrogens (primary N) is 1. The third kappa shape index (κ3) is 4.34. The highest BCUT2D eigenvalue weighted by Gasteiger charge is 2.06. The van der Waals surface area contributed by atoms with Crippen LogP contribution in [0.1, 0.15) is 11.5 Å². The van der Waals surface area contributed by atoms with Gasteiger partial charge in [0.1, 0.15) is 5.82 Å². The standard InChI is InChI=1S/C13H18N6S/c1-19(2)13-17-11(16-12(14)18-13)9-20-8-6-10-5-3-4-7-15-10/h3-5,7H,6,8-9H2,1-2H3,(H2,14,16,17,18).